The molecule has 2 aromatic carbocycles. The molecule has 11 heteroatoms. The van der Waals surface area contributed by atoms with Crippen LogP contribution in [0, 0.1) is 6.92 Å². The van der Waals surface area contributed by atoms with Gasteiger partial charge in [0, 0.05) is 29.9 Å². The number of amides is 1. The van der Waals surface area contributed by atoms with Crippen molar-refractivity contribution < 1.29 is 14.3 Å². The number of para-hydroxylation sites is 1. The molecule has 0 bridgehead atoms. The van der Waals surface area contributed by atoms with Crippen LogP contribution in [0.3, 0.4) is 0 Å². The third-order valence-electron chi connectivity index (χ3n) is 6.18. The molecule has 3 aromatic heterocycles. The van der Waals surface area contributed by atoms with Crippen molar-refractivity contribution in [2.45, 2.75) is 24.3 Å². The highest BCUT2D eigenvalue weighted by atomic mass is 32.2. The molecule has 1 amide bonds. The zero-order chi connectivity index (χ0) is 27.9. The van der Waals surface area contributed by atoms with Gasteiger partial charge in [-0.05, 0) is 54.8 Å². The molecule has 5 aromatic rings. The SMILES string of the molecule is COc1ccc(CCNC(=O)c2csc(CSc3nnc(-c4ccncc4)n3-c3ccccc3C)n2)cc1OC. The van der Waals surface area contributed by atoms with Gasteiger partial charge in [-0.25, -0.2) is 4.98 Å². The minimum Gasteiger partial charge on any atom is -0.493 e. The number of nitrogens with zero attached hydrogens (tertiary/aromatic N) is 5. The number of hydrogen-bond donors (Lipinski definition) is 1. The smallest absolute Gasteiger partial charge is 0.270 e. The molecule has 0 fully saturated rings. The van der Waals surface area contributed by atoms with E-state index in [1.807, 2.05) is 42.5 Å². The molecule has 0 spiro atoms. The minimum atomic E-state index is -0.198. The molecular weight excluding hydrogens is 544 g/mol. The monoisotopic (exact) mass is 572 g/mol. The summed E-state index contributed by atoms with van der Waals surface area (Å²) in [6.45, 7) is 2.55. The molecule has 3 heterocycles. The van der Waals surface area contributed by atoms with Gasteiger partial charge >= 0.3 is 0 Å². The lowest BCUT2D eigenvalue weighted by Crippen LogP contribution is -2.26. The Bertz CT molecular complexity index is 1600. The highest BCUT2D eigenvalue weighted by Gasteiger charge is 2.19. The van der Waals surface area contributed by atoms with E-state index >= 15 is 0 Å². The Hall–Kier alpha value is -4.22. The fourth-order valence-electron chi connectivity index (χ4n) is 4.14. The van der Waals surface area contributed by atoms with Crippen LogP contribution < -0.4 is 14.8 Å². The number of benzene rings is 2. The van der Waals surface area contributed by atoms with Crippen molar-refractivity contribution in [1.29, 1.82) is 0 Å². The molecule has 1 N–H and O–H groups in total. The zero-order valence-electron chi connectivity index (χ0n) is 22.3. The van der Waals surface area contributed by atoms with Gasteiger partial charge in [-0.3, -0.25) is 14.3 Å². The summed E-state index contributed by atoms with van der Waals surface area (Å²) in [5.41, 5.74) is 4.50. The second-order valence-electron chi connectivity index (χ2n) is 8.77. The van der Waals surface area contributed by atoms with E-state index in [1.165, 1.54) is 23.1 Å². The highest BCUT2D eigenvalue weighted by Crippen LogP contribution is 2.31. The zero-order valence-corrected chi connectivity index (χ0v) is 24.0. The molecule has 0 saturated carbocycles. The summed E-state index contributed by atoms with van der Waals surface area (Å²) in [6.07, 6.45) is 4.15. The van der Waals surface area contributed by atoms with Gasteiger partial charge in [0.2, 0.25) is 0 Å². The van der Waals surface area contributed by atoms with Crippen LogP contribution >= 0.6 is 23.1 Å². The number of rotatable bonds is 11. The van der Waals surface area contributed by atoms with Crippen LogP contribution in [-0.4, -0.2) is 51.4 Å². The van der Waals surface area contributed by atoms with Crippen molar-refractivity contribution >= 4 is 29.0 Å². The van der Waals surface area contributed by atoms with Crippen molar-refractivity contribution in [3.8, 4) is 28.6 Å². The molecule has 0 atom stereocenters. The maximum Gasteiger partial charge on any atom is 0.270 e. The summed E-state index contributed by atoms with van der Waals surface area (Å²) in [5.74, 6) is 2.45. The molecule has 40 heavy (non-hydrogen) atoms. The molecule has 0 saturated heterocycles. The predicted octanol–water partition coefficient (Wildman–Crippen LogP) is 5.38. The number of pyridine rings is 1. The van der Waals surface area contributed by atoms with Gasteiger partial charge in [-0.2, -0.15) is 0 Å². The van der Waals surface area contributed by atoms with Crippen LogP contribution in [-0.2, 0) is 12.2 Å². The number of thiazole rings is 1. The first-order valence-electron chi connectivity index (χ1n) is 12.6. The quantitative estimate of drug-likeness (QED) is 0.211. The Kier molecular flexibility index (Phi) is 8.72. The van der Waals surface area contributed by atoms with E-state index in [2.05, 4.69) is 49.1 Å². The predicted molar refractivity (Wildman–Crippen MR) is 157 cm³/mol. The lowest BCUT2D eigenvalue weighted by atomic mass is 10.1. The van der Waals surface area contributed by atoms with E-state index in [0.717, 1.165) is 38.4 Å². The molecule has 0 unspecified atom stereocenters. The van der Waals surface area contributed by atoms with Crippen LogP contribution in [0.25, 0.3) is 17.1 Å². The van der Waals surface area contributed by atoms with Crippen molar-refractivity contribution in [2.24, 2.45) is 0 Å². The fraction of sp³-hybridized carbons (Fsp3) is 0.207. The number of carbonyl (C=O) groups is 1. The number of ether oxygens (including phenoxy) is 2. The third-order valence-corrected chi connectivity index (χ3v) is 8.16. The average Bonchev–Trinajstić information content (AvgIpc) is 3.64. The number of thioether (sulfide) groups is 1. The normalized spacial score (nSPS) is 10.9. The Morgan fingerprint density at radius 2 is 1.82 bits per heavy atom. The van der Waals surface area contributed by atoms with Crippen LogP contribution in [0.15, 0.2) is 77.5 Å². The van der Waals surface area contributed by atoms with Crippen molar-refractivity contribution in [3.63, 3.8) is 0 Å². The largest absolute Gasteiger partial charge is 0.493 e. The van der Waals surface area contributed by atoms with E-state index in [9.17, 15) is 4.79 Å². The number of aromatic nitrogens is 5. The number of aryl methyl sites for hydroxylation is 1. The Morgan fingerprint density at radius 3 is 2.60 bits per heavy atom. The Morgan fingerprint density at radius 1 is 1.02 bits per heavy atom. The molecule has 0 radical (unpaired) electrons. The second kappa shape index (κ2) is 12.8. The third kappa shape index (κ3) is 6.16. The highest BCUT2D eigenvalue weighted by molar-refractivity contribution is 7.98. The molecule has 0 aliphatic rings. The van der Waals surface area contributed by atoms with Gasteiger partial charge in [0.1, 0.15) is 10.7 Å². The molecule has 204 valence electrons. The summed E-state index contributed by atoms with van der Waals surface area (Å²) >= 11 is 2.99. The van der Waals surface area contributed by atoms with Crippen LogP contribution in [0.1, 0.15) is 26.6 Å². The van der Waals surface area contributed by atoms with E-state index in [1.54, 1.807) is 32.0 Å². The van der Waals surface area contributed by atoms with Crippen molar-refractivity contribution in [1.82, 2.24) is 30.0 Å². The first-order valence-corrected chi connectivity index (χ1v) is 14.4. The van der Waals surface area contributed by atoms with Crippen molar-refractivity contribution in [2.75, 3.05) is 20.8 Å². The van der Waals surface area contributed by atoms with E-state index in [0.29, 0.717) is 35.9 Å². The summed E-state index contributed by atoms with van der Waals surface area (Å²) in [5, 5.41) is 15.3. The molecule has 5 rings (SSSR count). The van der Waals surface area contributed by atoms with Crippen LogP contribution in [0.4, 0.5) is 0 Å². The first kappa shape index (κ1) is 27.4. The number of nitrogens with one attached hydrogen (secondary N) is 1. The summed E-state index contributed by atoms with van der Waals surface area (Å²) in [7, 11) is 3.21. The summed E-state index contributed by atoms with van der Waals surface area (Å²) in [4.78, 5) is 21.4. The number of methoxy groups -OCH3 is 2. The fourth-order valence-corrected chi connectivity index (χ4v) is 5.87. The minimum absolute atomic E-state index is 0.198. The molecular formula is C29H28N6O3S2. The lowest BCUT2D eigenvalue weighted by molar-refractivity contribution is 0.0949. The molecule has 0 aliphatic carbocycles. The molecule has 0 aliphatic heterocycles. The molecule has 9 nitrogen and oxygen atoms in total. The van der Waals surface area contributed by atoms with E-state index in [4.69, 9.17) is 9.47 Å². The number of carbonyl (C=O) groups excluding carboxylic acids is 1. The van der Waals surface area contributed by atoms with Crippen LogP contribution in [0.5, 0.6) is 11.5 Å². The summed E-state index contributed by atoms with van der Waals surface area (Å²) < 4.78 is 12.7. The van der Waals surface area contributed by atoms with Gasteiger partial charge < -0.3 is 14.8 Å². The Balaban J connectivity index is 1.24. The summed E-state index contributed by atoms with van der Waals surface area (Å²) in [6, 6.07) is 17.7. The maximum atomic E-state index is 12.7. The number of hydrogen-bond acceptors (Lipinski definition) is 9. The first-order chi connectivity index (χ1) is 19.6. The van der Waals surface area contributed by atoms with Gasteiger partial charge in [-0.15, -0.1) is 21.5 Å². The topological polar surface area (TPSA) is 104 Å². The maximum absolute atomic E-state index is 12.7. The standard InChI is InChI=1S/C29H28N6O3S2/c1-19-6-4-5-7-23(19)35-27(21-11-13-30-14-12-21)33-34-29(35)40-18-26-32-22(17-39-26)28(36)31-15-10-20-8-9-24(37-2)25(16-20)38-3/h4-9,11-14,16-17H,10,15,18H2,1-3H3,(H,31,36). The second-order valence-corrected chi connectivity index (χ2v) is 10.7. The van der Waals surface area contributed by atoms with Crippen molar-refractivity contribution in [3.05, 3.63) is 94.2 Å². The Labute approximate surface area is 240 Å². The van der Waals surface area contributed by atoms with E-state index in [-0.39, 0.29) is 5.91 Å². The van der Waals surface area contributed by atoms with E-state index < -0.39 is 0 Å². The van der Waals surface area contributed by atoms with Crippen LogP contribution in [0.2, 0.25) is 0 Å². The van der Waals surface area contributed by atoms with Gasteiger partial charge in [0.25, 0.3) is 5.91 Å². The van der Waals surface area contributed by atoms with Gasteiger partial charge in [-0.1, -0.05) is 36.0 Å². The average molecular weight is 573 g/mol. The van der Waals surface area contributed by atoms with Gasteiger partial charge in [0.15, 0.2) is 22.5 Å². The lowest BCUT2D eigenvalue weighted by Gasteiger charge is -2.12. The van der Waals surface area contributed by atoms with Gasteiger partial charge in [0.05, 0.1) is 25.7 Å².